The Morgan fingerprint density at radius 2 is 1.77 bits per heavy atom. The van der Waals surface area contributed by atoms with Crippen molar-refractivity contribution in [3.8, 4) is 0 Å². The van der Waals surface area contributed by atoms with E-state index in [-0.39, 0.29) is 6.10 Å². The molecule has 0 heterocycles. The largest absolute Gasteiger partial charge is 0.389 e. The maximum absolute atomic E-state index is 9.75. The standard InChI is InChI=1S/C12H22O/c1-10-7-5-3-4-6-8-12(13)11(2)9-10/h9-10,12-13H,3-8H2,1-2H3/b11-9+. The van der Waals surface area contributed by atoms with Gasteiger partial charge in [-0.25, -0.2) is 0 Å². The van der Waals surface area contributed by atoms with E-state index in [4.69, 9.17) is 0 Å². The van der Waals surface area contributed by atoms with Gasteiger partial charge >= 0.3 is 0 Å². The Morgan fingerprint density at radius 1 is 1.15 bits per heavy atom. The highest BCUT2D eigenvalue weighted by atomic mass is 16.3. The van der Waals surface area contributed by atoms with Gasteiger partial charge in [0, 0.05) is 0 Å². The molecule has 1 N–H and O–H groups in total. The van der Waals surface area contributed by atoms with Gasteiger partial charge in [-0.05, 0) is 31.3 Å². The second kappa shape index (κ2) is 5.43. The van der Waals surface area contributed by atoms with Crippen molar-refractivity contribution in [2.24, 2.45) is 5.92 Å². The Kier molecular flexibility index (Phi) is 4.51. The molecule has 0 saturated carbocycles. The van der Waals surface area contributed by atoms with Gasteiger partial charge in [0.1, 0.15) is 0 Å². The van der Waals surface area contributed by atoms with E-state index in [1.54, 1.807) is 0 Å². The first-order valence-electron chi connectivity index (χ1n) is 5.56. The normalized spacial score (nSPS) is 36.4. The summed E-state index contributed by atoms with van der Waals surface area (Å²) in [6.45, 7) is 4.31. The summed E-state index contributed by atoms with van der Waals surface area (Å²) in [5, 5.41) is 9.75. The molecule has 0 aromatic carbocycles. The number of rotatable bonds is 0. The fourth-order valence-corrected chi connectivity index (χ4v) is 2.03. The molecule has 0 fully saturated rings. The number of aliphatic hydroxyl groups excluding tert-OH is 1. The second-order valence-electron chi connectivity index (χ2n) is 4.40. The number of hydrogen-bond acceptors (Lipinski definition) is 1. The maximum Gasteiger partial charge on any atom is 0.0747 e. The lowest BCUT2D eigenvalue weighted by molar-refractivity contribution is 0.194. The fraction of sp³-hybridized carbons (Fsp3) is 0.833. The molecule has 76 valence electrons. The second-order valence-corrected chi connectivity index (χ2v) is 4.40. The first-order valence-corrected chi connectivity index (χ1v) is 5.56. The van der Waals surface area contributed by atoms with Crippen LogP contribution in [0.5, 0.6) is 0 Å². The predicted molar refractivity (Wildman–Crippen MR) is 56.6 cm³/mol. The van der Waals surface area contributed by atoms with Crippen molar-refractivity contribution in [2.45, 2.75) is 58.5 Å². The Bertz CT molecular complexity index is 172. The minimum absolute atomic E-state index is 0.180. The molecule has 0 spiro atoms. The molecule has 1 aliphatic carbocycles. The summed E-state index contributed by atoms with van der Waals surface area (Å²) in [5.74, 6) is 0.646. The molecule has 0 radical (unpaired) electrons. The molecule has 0 bridgehead atoms. The van der Waals surface area contributed by atoms with Gasteiger partial charge in [-0.2, -0.15) is 0 Å². The van der Waals surface area contributed by atoms with E-state index in [0.29, 0.717) is 5.92 Å². The zero-order chi connectivity index (χ0) is 9.68. The van der Waals surface area contributed by atoms with Crippen LogP contribution >= 0.6 is 0 Å². The molecular formula is C12H22O. The molecule has 2 unspecified atom stereocenters. The van der Waals surface area contributed by atoms with Crippen LogP contribution < -0.4 is 0 Å². The van der Waals surface area contributed by atoms with Gasteiger partial charge in [-0.3, -0.25) is 0 Å². The van der Waals surface area contributed by atoms with E-state index in [9.17, 15) is 5.11 Å². The van der Waals surface area contributed by atoms with Crippen LogP contribution in [0.1, 0.15) is 52.4 Å². The first kappa shape index (κ1) is 10.8. The van der Waals surface area contributed by atoms with Crippen LogP contribution in [0, 0.1) is 5.92 Å². The average molecular weight is 182 g/mol. The van der Waals surface area contributed by atoms with Crippen molar-refractivity contribution in [3.05, 3.63) is 11.6 Å². The quantitative estimate of drug-likeness (QED) is 0.570. The molecule has 1 heteroatoms. The summed E-state index contributed by atoms with van der Waals surface area (Å²) < 4.78 is 0. The molecule has 1 nitrogen and oxygen atoms in total. The lowest BCUT2D eigenvalue weighted by atomic mass is 9.94. The third-order valence-corrected chi connectivity index (χ3v) is 2.96. The highest BCUT2D eigenvalue weighted by Crippen LogP contribution is 2.20. The van der Waals surface area contributed by atoms with Crippen LogP contribution in [-0.4, -0.2) is 11.2 Å². The molecule has 1 rings (SSSR count). The van der Waals surface area contributed by atoms with Crippen molar-refractivity contribution in [3.63, 3.8) is 0 Å². The zero-order valence-corrected chi connectivity index (χ0v) is 8.92. The molecule has 0 amide bonds. The zero-order valence-electron chi connectivity index (χ0n) is 8.92. The molecule has 0 aromatic rings. The third kappa shape index (κ3) is 3.95. The summed E-state index contributed by atoms with van der Waals surface area (Å²) in [6.07, 6.45) is 9.46. The van der Waals surface area contributed by atoms with Crippen LogP contribution in [0.15, 0.2) is 11.6 Å². The van der Waals surface area contributed by atoms with E-state index >= 15 is 0 Å². The van der Waals surface area contributed by atoms with Gasteiger partial charge < -0.3 is 5.11 Å². The van der Waals surface area contributed by atoms with Gasteiger partial charge in [-0.15, -0.1) is 0 Å². The molecule has 0 aliphatic heterocycles. The highest BCUT2D eigenvalue weighted by Gasteiger charge is 2.09. The maximum atomic E-state index is 9.75. The Labute approximate surface area is 81.9 Å². The van der Waals surface area contributed by atoms with E-state index in [1.807, 2.05) is 0 Å². The molecule has 13 heavy (non-hydrogen) atoms. The highest BCUT2D eigenvalue weighted by molar-refractivity contribution is 5.06. The van der Waals surface area contributed by atoms with Crippen LogP contribution in [-0.2, 0) is 0 Å². The summed E-state index contributed by atoms with van der Waals surface area (Å²) in [5.41, 5.74) is 1.18. The topological polar surface area (TPSA) is 20.2 Å². The average Bonchev–Trinajstić information content (AvgIpc) is 2.09. The number of aliphatic hydroxyl groups is 1. The van der Waals surface area contributed by atoms with Crippen LogP contribution in [0.2, 0.25) is 0 Å². The number of hydrogen-bond donors (Lipinski definition) is 1. The Balaban J connectivity index is 2.55. The molecule has 2 atom stereocenters. The lowest BCUT2D eigenvalue weighted by Gasteiger charge is -2.16. The molecular weight excluding hydrogens is 160 g/mol. The minimum atomic E-state index is -0.180. The Hall–Kier alpha value is -0.300. The van der Waals surface area contributed by atoms with E-state index in [0.717, 1.165) is 6.42 Å². The van der Waals surface area contributed by atoms with E-state index < -0.39 is 0 Å². The predicted octanol–water partition coefficient (Wildman–Crippen LogP) is 3.28. The van der Waals surface area contributed by atoms with Gasteiger partial charge in [-0.1, -0.05) is 38.7 Å². The summed E-state index contributed by atoms with van der Waals surface area (Å²) in [7, 11) is 0. The Morgan fingerprint density at radius 3 is 2.46 bits per heavy atom. The molecule has 0 aromatic heterocycles. The summed E-state index contributed by atoms with van der Waals surface area (Å²) in [6, 6.07) is 0. The minimum Gasteiger partial charge on any atom is -0.389 e. The van der Waals surface area contributed by atoms with Crippen LogP contribution in [0.3, 0.4) is 0 Å². The first-order chi connectivity index (χ1) is 6.20. The van der Waals surface area contributed by atoms with Gasteiger partial charge in [0.2, 0.25) is 0 Å². The fourth-order valence-electron chi connectivity index (χ4n) is 2.03. The molecule has 1 aliphatic rings. The van der Waals surface area contributed by atoms with Gasteiger partial charge in [0.05, 0.1) is 6.10 Å². The van der Waals surface area contributed by atoms with Crippen molar-refractivity contribution in [2.75, 3.05) is 0 Å². The van der Waals surface area contributed by atoms with Gasteiger partial charge in [0.25, 0.3) is 0 Å². The van der Waals surface area contributed by atoms with Crippen LogP contribution in [0.4, 0.5) is 0 Å². The smallest absolute Gasteiger partial charge is 0.0747 e. The third-order valence-electron chi connectivity index (χ3n) is 2.96. The van der Waals surface area contributed by atoms with E-state index in [1.165, 1.54) is 37.7 Å². The SMILES string of the molecule is C/C1=C\C(C)CCCCCCC1O. The van der Waals surface area contributed by atoms with Crippen molar-refractivity contribution >= 4 is 0 Å². The van der Waals surface area contributed by atoms with Crippen LogP contribution in [0.25, 0.3) is 0 Å². The van der Waals surface area contributed by atoms with Crippen molar-refractivity contribution < 1.29 is 5.11 Å². The summed E-state index contributed by atoms with van der Waals surface area (Å²) in [4.78, 5) is 0. The summed E-state index contributed by atoms with van der Waals surface area (Å²) >= 11 is 0. The van der Waals surface area contributed by atoms with Gasteiger partial charge in [0.15, 0.2) is 0 Å². The van der Waals surface area contributed by atoms with E-state index in [2.05, 4.69) is 19.9 Å². The number of allylic oxidation sites excluding steroid dienone is 1. The van der Waals surface area contributed by atoms with Crippen molar-refractivity contribution in [1.29, 1.82) is 0 Å². The lowest BCUT2D eigenvalue weighted by Crippen LogP contribution is -2.10. The monoisotopic (exact) mass is 182 g/mol. The van der Waals surface area contributed by atoms with Crippen molar-refractivity contribution in [1.82, 2.24) is 0 Å². The molecule has 0 saturated heterocycles.